The van der Waals surface area contributed by atoms with E-state index in [2.05, 4.69) is 28.8 Å². The fourth-order valence-corrected chi connectivity index (χ4v) is 3.47. The van der Waals surface area contributed by atoms with Crippen LogP contribution in [0.1, 0.15) is 33.6 Å². The van der Waals surface area contributed by atoms with Crippen LogP contribution in [-0.2, 0) is 4.89 Å². The molecule has 0 unspecified atom stereocenters. The molecule has 0 amide bonds. The van der Waals surface area contributed by atoms with Gasteiger partial charge >= 0.3 is 0 Å². The summed E-state index contributed by atoms with van der Waals surface area (Å²) in [5, 5.41) is 12.8. The first-order valence-corrected chi connectivity index (χ1v) is 5.33. The van der Waals surface area contributed by atoms with Gasteiger partial charge in [0.25, 0.3) is 0 Å². The fraction of sp³-hybridized carbons (Fsp3) is 1.00. The number of hydrogen-bond acceptors (Lipinski definition) is 3. The van der Waals surface area contributed by atoms with Gasteiger partial charge in [0.1, 0.15) is 5.60 Å². The molecular formula is C10H17N3O2. The molecule has 0 aromatic heterocycles. The van der Waals surface area contributed by atoms with Gasteiger partial charge in [-0.2, -0.15) is 0 Å². The van der Waals surface area contributed by atoms with Gasteiger partial charge in [-0.25, -0.2) is 4.89 Å². The lowest BCUT2D eigenvalue weighted by Crippen LogP contribution is -2.66. The largest absolute Gasteiger partial charge is 0.251 e. The molecule has 3 saturated carbocycles. The molecule has 3 rings (SSSR count). The summed E-state index contributed by atoms with van der Waals surface area (Å²) in [6.45, 7) is 6.22. The van der Waals surface area contributed by atoms with Crippen molar-refractivity contribution in [3.63, 3.8) is 0 Å². The maximum absolute atomic E-state index is 9.09. The monoisotopic (exact) mass is 211 g/mol. The Morgan fingerprint density at radius 3 is 2.53 bits per heavy atom. The third kappa shape index (κ3) is 1.20. The molecule has 5 nitrogen and oxygen atoms in total. The Morgan fingerprint density at radius 2 is 2.07 bits per heavy atom. The van der Waals surface area contributed by atoms with E-state index in [0.29, 0.717) is 5.92 Å². The third-order valence-electron chi connectivity index (χ3n) is 4.72. The van der Waals surface area contributed by atoms with Crippen molar-refractivity contribution in [2.45, 2.75) is 45.3 Å². The first kappa shape index (κ1) is 10.7. The summed E-state index contributed by atoms with van der Waals surface area (Å²) < 4.78 is 0. The second kappa shape index (κ2) is 3.11. The minimum absolute atomic E-state index is 0.180. The zero-order valence-corrected chi connectivity index (χ0v) is 9.34. The number of hydrogen-bond donors (Lipinski definition) is 1. The number of rotatable bonds is 2. The Hall–Kier alpha value is -0.770. The fourth-order valence-electron chi connectivity index (χ4n) is 3.47. The minimum Gasteiger partial charge on any atom is -0.251 e. The van der Waals surface area contributed by atoms with E-state index in [4.69, 9.17) is 10.8 Å². The first-order chi connectivity index (χ1) is 6.96. The van der Waals surface area contributed by atoms with E-state index in [9.17, 15) is 0 Å². The Morgan fingerprint density at radius 1 is 1.40 bits per heavy atom. The number of nitrogens with zero attached hydrogens (tertiary/aromatic N) is 3. The maximum Gasteiger partial charge on any atom is 0.112 e. The van der Waals surface area contributed by atoms with Crippen LogP contribution in [0.2, 0.25) is 0 Å². The molecule has 1 N–H and O–H groups in total. The lowest BCUT2D eigenvalue weighted by atomic mass is 9.43. The minimum atomic E-state index is -0.718. The lowest BCUT2D eigenvalue weighted by molar-refractivity contribution is -0.376. The zero-order chi connectivity index (χ0) is 11.3. The quantitative estimate of drug-likeness (QED) is 0.250. The molecule has 84 valence electrons. The smallest absolute Gasteiger partial charge is 0.112 e. The molecule has 5 heteroatoms. The highest BCUT2D eigenvalue weighted by atomic mass is 17.1. The van der Waals surface area contributed by atoms with Crippen molar-refractivity contribution >= 4 is 0 Å². The normalized spacial score (nSPS) is 46.5. The third-order valence-corrected chi connectivity index (χ3v) is 4.72. The number of azide groups is 1. The molecule has 0 aliphatic heterocycles. The molecular weight excluding hydrogens is 194 g/mol. The number of fused-ring (bicyclic) bond motifs is 2. The van der Waals surface area contributed by atoms with Crippen LogP contribution < -0.4 is 0 Å². The molecule has 4 atom stereocenters. The van der Waals surface area contributed by atoms with E-state index in [1.165, 1.54) is 0 Å². The van der Waals surface area contributed by atoms with Gasteiger partial charge < -0.3 is 0 Å². The van der Waals surface area contributed by atoms with Gasteiger partial charge in [0.05, 0.1) is 6.04 Å². The van der Waals surface area contributed by atoms with Crippen molar-refractivity contribution < 1.29 is 10.1 Å². The highest BCUT2D eigenvalue weighted by Gasteiger charge is 2.64. The summed E-state index contributed by atoms with van der Waals surface area (Å²) in [5.41, 5.74) is 7.96. The predicted molar refractivity (Wildman–Crippen MR) is 55.0 cm³/mol. The van der Waals surface area contributed by atoms with E-state index in [-0.39, 0.29) is 17.4 Å². The molecule has 0 heterocycles. The van der Waals surface area contributed by atoms with Gasteiger partial charge in [-0.05, 0) is 42.5 Å². The molecule has 0 spiro atoms. The second-order valence-corrected chi connectivity index (χ2v) is 5.54. The molecule has 15 heavy (non-hydrogen) atoms. The van der Waals surface area contributed by atoms with Crippen molar-refractivity contribution in [1.82, 2.24) is 0 Å². The Labute approximate surface area is 89.0 Å². The average Bonchev–Trinajstić information content (AvgIpc) is 2.20. The summed E-state index contributed by atoms with van der Waals surface area (Å²) >= 11 is 0. The highest BCUT2D eigenvalue weighted by Crippen LogP contribution is 2.64. The molecule has 0 radical (unpaired) electrons. The summed E-state index contributed by atoms with van der Waals surface area (Å²) in [7, 11) is 0. The van der Waals surface area contributed by atoms with Crippen LogP contribution in [0.3, 0.4) is 0 Å². The molecule has 3 fully saturated rings. The summed E-state index contributed by atoms with van der Waals surface area (Å²) in [6.07, 6.45) is 1.87. The standard InChI is InChI=1S/C10H17N3O2/c1-9(2)6-4-7(9)10(3,15-14)8(5-6)12-13-11/h6-8,14H,4-5H2,1-3H3/t6-,7-,8+,10+/m0/s1. The highest BCUT2D eigenvalue weighted by molar-refractivity contribution is 5.15. The Bertz CT molecular complexity index is 325. The summed E-state index contributed by atoms with van der Waals surface area (Å²) in [4.78, 5) is 7.50. The average molecular weight is 211 g/mol. The van der Waals surface area contributed by atoms with E-state index in [0.717, 1.165) is 12.8 Å². The molecule has 3 aliphatic rings. The molecule has 3 aliphatic carbocycles. The van der Waals surface area contributed by atoms with Crippen LogP contribution in [0.25, 0.3) is 10.4 Å². The van der Waals surface area contributed by atoms with Gasteiger partial charge in [0.2, 0.25) is 0 Å². The van der Waals surface area contributed by atoms with Gasteiger partial charge in [-0.3, -0.25) is 5.26 Å². The summed E-state index contributed by atoms with van der Waals surface area (Å²) in [5.74, 6) is 0.852. The van der Waals surface area contributed by atoms with Crippen LogP contribution in [0.15, 0.2) is 5.11 Å². The van der Waals surface area contributed by atoms with Gasteiger partial charge in [-0.15, -0.1) is 0 Å². The topological polar surface area (TPSA) is 78.2 Å². The summed E-state index contributed by atoms with van der Waals surface area (Å²) in [6, 6.07) is -0.246. The van der Waals surface area contributed by atoms with Crippen LogP contribution in [-0.4, -0.2) is 16.9 Å². The molecule has 0 aromatic rings. The Kier molecular flexibility index (Phi) is 2.23. The van der Waals surface area contributed by atoms with Gasteiger partial charge in [-0.1, -0.05) is 19.0 Å². The van der Waals surface area contributed by atoms with Crippen LogP contribution in [0.5, 0.6) is 0 Å². The molecule has 2 bridgehead atoms. The Balaban J connectivity index is 2.32. The van der Waals surface area contributed by atoms with E-state index < -0.39 is 5.60 Å². The van der Waals surface area contributed by atoms with Crippen LogP contribution >= 0.6 is 0 Å². The molecule has 0 aromatic carbocycles. The van der Waals surface area contributed by atoms with Gasteiger partial charge in [0, 0.05) is 4.91 Å². The van der Waals surface area contributed by atoms with E-state index in [1.807, 2.05) is 6.92 Å². The molecule has 0 saturated heterocycles. The van der Waals surface area contributed by atoms with E-state index in [1.54, 1.807) is 0 Å². The second-order valence-electron chi connectivity index (χ2n) is 5.54. The lowest BCUT2D eigenvalue weighted by Gasteiger charge is -2.64. The maximum atomic E-state index is 9.09. The van der Waals surface area contributed by atoms with Gasteiger partial charge in [0.15, 0.2) is 0 Å². The van der Waals surface area contributed by atoms with Crippen molar-refractivity contribution in [2.24, 2.45) is 22.4 Å². The predicted octanol–water partition coefficient (Wildman–Crippen LogP) is 2.98. The van der Waals surface area contributed by atoms with Crippen molar-refractivity contribution in [2.75, 3.05) is 0 Å². The van der Waals surface area contributed by atoms with Crippen molar-refractivity contribution in [3.05, 3.63) is 10.4 Å². The zero-order valence-electron chi connectivity index (χ0n) is 9.34. The first-order valence-electron chi connectivity index (χ1n) is 5.33. The van der Waals surface area contributed by atoms with Crippen molar-refractivity contribution in [3.8, 4) is 0 Å². The van der Waals surface area contributed by atoms with Crippen molar-refractivity contribution in [1.29, 1.82) is 0 Å². The SMILES string of the molecule is CC1(C)[C@@H]2C[C@@H](N=[N+]=[N-])[C@](C)(OO)[C@H]1C2. The van der Waals surface area contributed by atoms with Crippen LogP contribution in [0, 0.1) is 17.3 Å². The van der Waals surface area contributed by atoms with Crippen LogP contribution in [0.4, 0.5) is 0 Å². The van der Waals surface area contributed by atoms with E-state index >= 15 is 0 Å².